The van der Waals surface area contributed by atoms with Gasteiger partial charge in [-0.25, -0.2) is 0 Å². The molecule has 1 N–H and O–H groups in total. The topological polar surface area (TPSA) is 45.2 Å². The summed E-state index contributed by atoms with van der Waals surface area (Å²) in [5, 5.41) is 3.12. The number of carbonyl (C=O) groups excluding carboxylic acids is 1. The molecule has 1 aromatic heterocycles. The molecule has 0 radical (unpaired) electrons. The van der Waals surface area contributed by atoms with Gasteiger partial charge in [0, 0.05) is 25.3 Å². The van der Waals surface area contributed by atoms with E-state index in [2.05, 4.69) is 10.3 Å². The average molecular weight is 235 g/mol. The smallest absolute Gasteiger partial charge is 0.236 e. The fourth-order valence-electron chi connectivity index (χ4n) is 1.68. The van der Waals surface area contributed by atoms with Gasteiger partial charge in [-0.15, -0.1) is 0 Å². The van der Waals surface area contributed by atoms with Gasteiger partial charge in [0.25, 0.3) is 0 Å². The van der Waals surface area contributed by atoms with Crippen LogP contribution >= 0.6 is 0 Å². The fraction of sp³-hybridized carbons (Fsp3) is 0.538. The molecule has 0 aliphatic rings. The molecule has 0 fully saturated rings. The molecule has 4 nitrogen and oxygen atoms in total. The number of nitrogens with zero attached hydrogens (tertiary/aromatic N) is 2. The van der Waals surface area contributed by atoms with Crippen molar-refractivity contribution in [1.82, 2.24) is 15.2 Å². The molecule has 0 aliphatic carbocycles. The van der Waals surface area contributed by atoms with Crippen LogP contribution in [-0.4, -0.2) is 35.4 Å². The van der Waals surface area contributed by atoms with E-state index in [0.717, 1.165) is 24.5 Å². The molecule has 1 heterocycles. The maximum atomic E-state index is 11.7. The van der Waals surface area contributed by atoms with Gasteiger partial charge in [-0.2, -0.15) is 0 Å². The Morgan fingerprint density at radius 1 is 1.35 bits per heavy atom. The van der Waals surface area contributed by atoms with Crippen molar-refractivity contribution in [2.24, 2.45) is 0 Å². The molecule has 1 rings (SSSR count). The van der Waals surface area contributed by atoms with Crippen LogP contribution in [0.2, 0.25) is 0 Å². The molecule has 94 valence electrons. The molecule has 4 heteroatoms. The lowest BCUT2D eigenvalue weighted by atomic mass is 10.3. The van der Waals surface area contributed by atoms with Crippen LogP contribution in [0.4, 0.5) is 0 Å². The van der Waals surface area contributed by atoms with Crippen molar-refractivity contribution >= 4 is 5.91 Å². The molecule has 17 heavy (non-hydrogen) atoms. The first kappa shape index (κ1) is 13.6. The van der Waals surface area contributed by atoms with E-state index in [1.807, 2.05) is 43.9 Å². The summed E-state index contributed by atoms with van der Waals surface area (Å²) in [5.74, 6) is 0.141. The summed E-state index contributed by atoms with van der Waals surface area (Å²) in [6.45, 7) is 8.48. The van der Waals surface area contributed by atoms with Crippen LogP contribution in [0.15, 0.2) is 18.2 Å². The lowest BCUT2D eigenvalue weighted by Crippen LogP contribution is -2.37. The van der Waals surface area contributed by atoms with Gasteiger partial charge >= 0.3 is 0 Å². The molecular formula is C13H21N3O. The predicted octanol–water partition coefficient (Wildman–Crippen LogP) is 1.35. The van der Waals surface area contributed by atoms with E-state index in [1.165, 1.54) is 0 Å². The molecule has 0 bridgehead atoms. The number of aryl methyl sites for hydroxylation is 1. The van der Waals surface area contributed by atoms with E-state index < -0.39 is 0 Å². The lowest BCUT2D eigenvalue weighted by Gasteiger charge is -2.18. The van der Waals surface area contributed by atoms with Crippen molar-refractivity contribution in [1.29, 1.82) is 0 Å². The summed E-state index contributed by atoms with van der Waals surface area (Å²) >= 11 is 0. The SMILES string of the molecule is CCN(CC)C(=O)CNCc1cccc(C)n1. The van der Waals surface area contributed by atoms with Gasteiger partial charge in [-0.1, -0.05) is 6.07 Å². The van der Waals surface area contributed by atoms with E-state index in [-0.39, 0.29) is 5.91 Å². The highest BCUT2D eigenvalue weighted by molar-refractivity contribution is 5.78. The van der Waals surface area contributed by atoms with Crippen molar-refractivity contribution in [3.8, 4) is 0 Å². The van der Waals surface area contributed by atoms with Crippen molar-refractivity contribution in [3.63, 3.8) is 0 Å². The largest absolute Gasteiger partial charge is 0.342 e. The molecule has 0 spiro atoms. The summed E-state index contributed by atoms with van der Waals surface area (Å²) in [5.41, 5.74) is 1.97. The third-order valence-electron chi connectivity index (χ3n) is 2.64. The van der Waals surface area contributed by atoms with E-state index >= 15 is 0 Å². The number of rotatable bonds is 6. The Morgan fingerprint density at radius 2 is 2.06 bits per heavy atom. The van der Waals surface area contributed by atoms with Crippen LogP contribution in [0, 0.1) is 6.92 Å². The van der Waals surface area contributed by atoms with Crippen LogP contribution in [-0.2, 0) is 11.3 Å². The zero-order chi connectivity index (χ0) is 12.7. The van der Waals surface area contributed by atoms with Crippen molar-refractivity contribution < 1.29 is 4.79 Å². The molecule has 0 aromatic carbocycles. The van der Waals surface area contributed by atoms with Crippen molar-refractivity contribution in [2.75, 3.05) is 19.6 Å². The van der Waals surface area contributed by atoms with Gasteiger partial charge in [-0.05, 0) is 32.9 Å². The second-order valence-electron chi connectivity index (χ2n) is 3.94. The molecule has 0 saturated carbocycles. The van der Waals surface area contributed by atoms with E-state index in [1.54, 1.807) is 0 Å². The van der Waals surface area contributed by atoms with Gasteiger partial charge in [0.05, 0.1) is 12.2 Å². The number of aromatic nitrogens is 1. The predicted molar refractivity (Wildman–Crippen MR) is 68.6 cm³/mol. The van der Waals surface area contributed by atoms with E-state index in [0.29, 0.717) is 13.1 Å². The number of nitrogens with one attached hydrogen (secondary N) is 1. The summed E-state index contributed by atoms with van der Waals surface area (Å²) in [4.78, 5) is 17.9. The van der Waals surface area contributed by atoms with Crippen LogP contribution in [0.3, 0.4) is 0 Å². The molecule has 1 amide bonds. The maximum absolute atomic E-state index is 11.7. The highest BCUT2D eigenvalue weighted by Crippen LogP contribution is 1.97. The Kier molecular flexibility index (Phi) is 5.63. The number of pyridine rings is 1. The third-order valence-corrected chi connectivity index (χ3v) is 2.64. The van der Waals surface area contributed by atoms with Gasteiger partial charge in [0.2, 0.25) is 5.91 Å². The Hall–Kier alpha value is -1.42. The summed E-state index contributed by atoms with van der Waals surface area (Å²) in [7, 11) is 0. The minimum atomic E-state index is 0.141. The maximum Gasteiger partial charge on any atom is 0.236 e. The number of hydrogen-bond donors (Lipinski definition) is 1. The normalized spacial score (nSPS) is 10.3. The van der Waals surface area contributed by atoms with Crippen LogP contribution in [0.25, 0.3) is 0 Å². The first-order chi connectivity index (χ1) is 8.17. The Morgan fingerprint density at radius 3 is 2.65 bits per heavy atom. The van der Waals surface area contributed by atoms with Crippen molar-refractivity contribution in [3.05, 3.63) is 29.6 Å². The Bertz CT molecular complexity index is 361. The molecule has 0 aliphatic heterocycles. The van der Waals surface area contributed by atoms with Gasteiger partial charge in [0.15, 0.2) is 0 Å². The lowest BCUT2D eigenvalue weighted by molar-refractivity contribution is -0.129. The zero-order valence-corrected chi connectivity index (χ0v) is 10.9. The number of carbonyl (C=O) groups is 1. The fourth-order valence-corrected chi connectivity index (χ4v) is 1.68. The molecule has 0 unspecified atom stereocenters. The second-order valence-corrected chi connectivity index (χ2v) is 3.94. The van der Waals surface area contributed by atoms with E-state index in [9.17, 15) is 4.79 Å². The van der Waals surface area contributed by atoms with Gasteiger partial charge < -0.3 is 10.2 Å². The minimum Gasteiger partial charge on any atom is -0.342 e. The van der Waals surface area contributed by atoms with Crippen LogP contribution < -0.4 is 5.32 Å². The van der Waals surface area contributed by atoms with Crippen LogP contribution in [0.1, 0.15) is 25.2 Å². The number of likely N-dealkylation sites (N-methyl/N-ethyl adjacent to an activating group) is 1. The third kappa shape index (κ3) is 4.53. The highest BCUT2D eigenvalue weighted by atomic mass is 16.2. The molecule has 0 atom stereocenters. The first-order valence-corrected chi connectivity index (χ1v) is 6.08. The molecule has 0 saturated heterocycles. The zero-order valence-electron chi connectivity index (χ0n) is 10.9. The number of amides is 1. The van der Waals surface area contributed by atoms with Crippen molar-refractivity contribution in [2.45, 2.75) is 27.3 Å². The molecule has 1 aromatic rings. The Labute approximate surface area is 103 Å². The van der Waals surface area contributed by atoms with E-state index in [4.69, 9.17) is 0 Å². The summed E-state index contributed by atoms with van der Waals surface area (Å²) in [6, 6.07) is 5.90. The van der Waals surface area contributed by atoms with Gasteiger partial charge in [0.1, 0.15) is 0 Å². The van der Waals surface area contributed by atoms with Gasteiger partial charge in [-0.3, -0.25) is 9.78 Å². The highest BCUT2D eigenvalue weighted by Gasteiger charge is 2.08. The minimum absolute atomic E-state index is 0.141. The van der Waals surface area contributed by atoms with Crippen LogP contribution in [0.5, 0.6) is 0 Å². The second kappa shape index (κ2) is 7.01. The average Bonchev–Trinajstić information content (AvgIpc) is 2.30. The monoisotopic (exact) mass is 235 g/mol. The first-order valence-electron chi connectivity index (χ1n) is 6.08. The summed E-state index contributed by atoms with van der Waals surface area (Å²) in [6.07, 6.45) is 0. The molecular weight excluding hydrogens is 214 g/mol. The Balaban J connectivity index is 2.35. The summed E-state index contributed by atoms with van der Waals surface area (Å²) < 4.78 is 0. The number of hydrogen-bond acceptors (Lipinski definition) is 3. The quantitative estimate of drug-likeness (QED) is 0.809. The standard InChI is InChI=1S/C13H21N3O/c1-4-16(5-2)13(17)10-14-9-12-8-6-7-11(3)15-12/h6-8,14H,4-5,9-10H2,1-3H3.